The van der Waals surface area contributed by atoms with E-state index in [1.54, 1.807) is 32.9 Å². The molecule has 1 amide bonds. The number of ketones is 1. The number of carboxylic acids is 1. The van der Waals surface area contributed by atoms with Gasteiger partial charge >= 0.3 is 5.97 Å². The molecule has 7 nitrogen and oxygen atoms in total. The van der Waals surface area contributed by atoms with E-state index in [-0.39, 0.29) is 18.9 Å². The number of nitrogens with zero attached hydrogens (tertiary/aromatic N) is 1. The summed E-state index contributed by atoms with van der Waals surface area (Å²) in [5, 5.41) is 21.2. The van der Waals surface area contributed by atoms with Gasteiger partial charge in [-0.15, -0.1) is 11.3 Å². The van der Waals surface area contributed by atoms with Crippen LogP contribution in [-0.2, 0) is 21.5 Å². The Labute approximate surface area is 208 Å². The number of hydrogen-bond acceptors (Lipinski definition) is 6. The van der Waals surface area contributed by atoms with Crippen LogP contribution in [0.1, 0.15) is 53.7 Å². The van der Waals surface area contributed by atoms with Crippen molar-refractivity contribution in [3.63, 3.8) is 0 Å². The Kier molecular flexibility index (Phi) is 7.96. The Bertz CT molecular complexity index is 1260. The second kappa shape index (κ2) is 10.7. The number of thiazole rings is 1. The van der Waals surface area contributed by atoms with E-state index < -0.39 is 28.8 Å². The van der Waals surface area contributed by atoms with Crippen LogP contribution in [0.15, 0.2) is 54.6 Å². The number of hydrogen-bond donors (Lipinski definition) is 3. The Morgan fingerprint density at radius 1 is 1.11 bits per heavy atom. The molecule has 1 atom stereocenters. The molecule has 0 fully saturated rings. The summed E-state index contributed by atoms with van der Waals surface area (Å²) in [5.41, 5.74) is 1.57. The predicted molar refractivity (Wildman–Crippen MR) is 137 cm³/mol. The number of nitrogens with one attached hydrogen (secondary N) is 2. The Balaban J connectivity index is 1.73. The quantitative estimate of drug-likeness (QED) is 0.344. The molecular formula is C27H29N3O4S. The molecule has 0 unspecified atom stereocenters. The van der Waals surface area contributed by atoms with E-state index in [1.807, 2.05) is 49.4 Å². The van der Waals surface area contributed by atoms with Crippen LogP contribution >= 0.6 is 11.3 Å². The van der Waals surface area contributed by atoms with Crippen molar-refractivity contribution < 1.29 is 19.5 Å². The molecule has 8 heteroatoms. The van der Waals surface area contributed by atoms with Crippen molar-refractivity contribution in [3.05, 3.63) is 76.3 Å². The minimum Gasteiger partial charge on any atom is -0.481 e. The number of carboxylic acid groups (broad SMARTS) is 1. The summed E-state index contributed by atoms with van der Waals surface area (Å²) in [6, 6.07) is 16.9. The van der Waals surface area contributed by atoms with Crippen LogP contribution < -0.4 is 5.32 Å². The fraction of sp³-hybridized carbons (Fsp3) is 0.296. The second-order valence-corrected chi connectivity index (χ2v) is 9.85. The SMILES string of the molecule is CC[C@H](C(=N)C(=O)C(C)(C)c1cccc(CNC(=O)c2sc(-c3ccccc3)nc2C)c1)C(=O)O. The number of benzene rings is 2. The number of aliphatic carboxylic acids is 1. The minimum atomic E-state index is -1.17. The molecule has 0 radical (unpaired) electrons. The van der Waals surface area contributed by atoms with Gasteiger partial charge in [-0.2, -0.15) is 0 Å². The molecule has 3 N–H and O–H groups in total. The number of carbonyl (C=O) groups excluding carboxylic acids is 2. The van der Waals surface area contributed by atoms with Crippen molar-refractivity contribution >= 4 is 34.7 Å². The molecule has 182 valence electrons. The third-order valence-corrected chi connectivity index (χ3v) is 7.20. The van der Waals surface area contributed by atoms with E-state index in [2.05, 4.69) is 10.3 Å². The number of rotatable bonds is 10. The summed E-state index contributed by atoms with van der Waals surface area (Å²) < 4.78 is 0. The summed E-state index contributed by atoms with van der Waals surface area (Å²) in [6.45, 7) is 7.07. The smallest absolute Gasteiger partial charge is 0.312 e. The molecule has 0 bridgehead atoms. The first kappa shape index (κ1) is 26.0. The maximum atomic E-state index is 13.0. The molecule has 0 saturated heterocycles. The van der Waals surface area contributed by atoms with Crippen molar-refractivity contribution in [2.75, 3.05) is 0 Å². The first-order chi connectivity index (χ1) is 16.6. The standard InChI is InChI=1S/C27H29N3O4S/c1-5-20(26(33)34)21(28)23(31)27(3,4)19-13-9-10-17(14-19)15-29-24(32)22-16(2)30-25(35-22)18-11-7-6-8-12-18/h6-14,20,28H,5,15H2,1-4H3,(H,29,32)(H,33,34)/t20-/m1/s1. The highest BCUT2D eigenvalue weighted by Crippen LogP contribution is 2.29. The molecule has 3 rings (SSSR count). The van der Waals surface area contributed by atoms with Crippen LogP contribution in [-0.4, -0.2) is 33.5 Å². The van der Waals surface area contributed by atoms with E-state index in [1.165, 1.54) is 11.3 Å². The average Bonchev–Trinajstić information content (AvgIpc) is 3.24. The first-order valence-corrected chi connectivity index (χ1v) is 12.1. The molecule has 0 aliphatic carbocycles. The van der Waals surface area contributed by atoms with Crippen LogP contribution in [0.4, 0.5) is 0 Å². The Hall–Kier alpha value is -3.65. The van der Waals surface area contributed by atoms with E-state index in [0.717, 1.165) is 16.1 Å². The lowest BCUT2D eigenvalue weighted by Gasteiger charge is -2.26. The summed E-state index contributed by atoms with van der Waals surface area (Å²) in [5.74, 6) is -3.06. The zero-order valence-corrected chi connectivity index (χ0v) is 21.0. The van der Waals surface area contributed by atoms with Crippen LogP contribution in [0.2, 0.25) is 0 Å². The molecule has 0 saturated carbocycles. The normalized spacial score (nSPS) is 12.1. The maximum Gasteiger partial charge on any atom is 0.312 e. The van der Waals surface area contributed by atoms with Gasteiger partial charge in [0.2, 0.25) is 0 Å². The molecular weight excluding hydrogens is 462 g/mol. The first-order valence-electron chi connectivity index (χ1n) is 11.3. The fourth-order valence-corrected chi connectivity index (χ4v) is 4.76. The number of amides is 1. The third kappa shape index (κ3) is 5.71. The molecule has 0 aliphatic rings. The van der Waals surface area contributed by atoms with Crippen LogP contribution in [0, 0.1) is 18.3 Å². The summed E-state index contributed by atoms with van der Waals surface area (Å²) in [7, 11) is 0. The van der Waals surface area contributed by atoms with Crippen molar-refractivity contribution in [2.24, 2.45) is 5.92 Å². The monoisotopic (exact) mass is 491 g/mol. The zero-order chi connectivity index (χ0) is 25.8. The fourth-order valence-electron chi connectivity index (χ4n) is 3.77. The number of aryl methyl sites for hydroxylation is 1. The van der Waals surface area contributed by atoms with E-state index in [4.69, 9.17) is 5.41 Å². The number of Topliss-reactive ketones (excluding diaryl/α,β-unsaturated/α-hetero) is 1. The van der Waals surface area contributed by atoms with Crippen molar-refractivity contribution in [1.29, 1.82) is 5.41 Å². The van der Waals surface area contributed by atoms with E-state index >= 15 is 0 Å². The van der Waals surface area contributed by atoms with Crippen molar-refractivity contribution in [1.82, 2.24) is 10.3 Å². The highest BCUT2D eigenvalue weighted by atomic mass is 32.1. The van der Waals surface area contributed by atoms with Gasteiger partial charge in [0.1, 0.15) is 15.8 Å². The summed E-state index contributed by atoms with van der Waals surface area (Å²) >= 11 is 1.34. The van der Waals surface area contributed by atoms with Gasteiger partial charge < -0.3 is 15.8 Å². The van der Waals surface area contributed by atoms with Gasteiger partial charge in [0.05, 0.1) is 16.8 Å². The predicted octanol–water partition coefficient (Wildman–Crippen LogP) is 5.03. The van der Waals surface area contributed by atoms with Crippen molar-refractivity contribution in [3.8, 4) is 10.6 Å². The second-order valence-electron chi connectivity index (χ2n) is 8.85. The highest BCUT2D eigenvalue weighted by molar-refractivity contribution is 7.17. The number of carbonyl (C=O) groups is 3. The number of aromatic nitrogens is 1. The largest absolute Gasteiger partial charge is 0.481 e. The molecule has 2 aromatic carbocycles. The Morgan fingerprint density at radius 3 is 2.43 bits per heavy atom. The van der Waals surface area contributed by atoms with Crippen molar-refractivity contribution in [2.45, 2.75) is 46.1 Å². The lowest BCUT2D eigenvalue weighted by atomic mass is 9.76. The van der Waals surface area contributed by atoms with Gasteiger partial charge in [0.15, 0.2) is 5.78 Å². The molecule has 0 aliphatic heterocycles. The maximum absolute atomic E-state index is 13.0. The Morgan fingerprint density at radius 2 is 1.80 bits per heavy atom. The van der Waals surface area contributed by atoms with E-state index in [0.29, 0.717) is 16.1 Å². The molecule has 1 aromatic heterocycles. The lowest BCUT2D eigenvalue weighted by Crippen LogP contribution is -2.40. The van der Waals surface area contributed by atoms with E-state index in [9.17, 15) is 19.5 Å². The molecule has 35 heavy (non-hydrogen) atoms. The van der Waals surface area contributed by atoms with Gasteiger partial charge in [-0.25, -0.2) is 4.98 Å². The third-order valence-electron chi connectivity index (χ3n) is 5.99. The van der Waals surface area contributed by atoms with Crippen LogP contribution in [0.3, 0.4) is 0 Å². The highest BCUT2D eigenvalue weighted by Gasteiger charge is 2.37. The van der Waals surface area contributed by atoms with Gasteiger partial charge in [-0.1, -0.05) is 61.5 Å². The van der Waals surface area contributed by atoms with Crippen LogP contribution in [0.25, 0.3) is 10.6 Å². The summed E-state index contributed by atoms with van der Waals surface area (Å²) in [6.07, 6.45) is 0.172. The minimum absolute atomic E-state index is 0.172. The molecule has 3 aromatic rings. The average molecular weight is 492 g/mol. The zero-order valence-electron chi connectivity index (χ0n) is 20.2. The van der Waals surface area contributed by atoms with Crippen LogP contribution in [0.5, 0.6) is 0 Å². The lowest BCUT2D eigenvalue weighted by molar-refractivity contribution is -0.140. The van der Waals surface area contributed by atoms with Gasteiger partial charge in [-0.3, -0.25) is 14.4 Å². The molecule has 1 heterocycles. The topological polar surface area (TPSA) is 120 Å². The van der Waals surface area contributed by atoms with Gasteiger partial charge in [0, 0.05) is 12.1 Å². The molecule has 0 spiro atoms. The summed E-state index contributed by atoms with van der Waals surface area (Å²) in [4.78, 5) is 42.4. The van der Waals surface area contributed by atoms with Gasteiger partial charge in [0.25, 0.3) is 5.91 Å². The van der Waals surface area contributed by atoms with Gasteiger partial charge in [-0.05, 0) is 38.3 Å².